The highest BCUT2D eigenvalue weighted by atomic mass is 79.9. The largest absolute Gasteiger partial charge is 0.416 e. The minimum Gasteiger partial charge on any atom is -0.352 e. The quantitative estimate of drug-likeness (QED) is 0.420. The van der Waals surface area contributed by atoms with Crippen LogP contribution in [0.5, 0.6) is 0 Å². The summed E-state index contributed by atoms with van der Waals surface area (Å²) in [6.07, 6.45) is -2.73. The van der Waals surface area contributed by atoms with Crippen molar-refractivity contribution in [1.29, 1.82) is 0 Å². The number of hydrogen-bond donors (Lipinski definition) is 2. The van der Waals surface area contributed by atoms with E-state index in [0.717, 1.165) is 29.1 Å². The molecule has 2 N–H and O–H groups in total. The van der Waals surface area contributed by atoms with Crippen molar-refractivity contribution >= 4 is 37.6 Å². The van der Waals surface area contributed by atoms with Crippen LogP contribution in [0.3, 0.4) is 0 Å². The van der Waals surface area contributed by atoms with E-state index < -0.39 is 46.0 Å². The number of amides is 2. The van der Waals surface area contributed by atoms with E-state index in [2.05, 4.69) is 45.3 Å². The zero-order valence-electron chi connectivity index (χ0n) is 22.0. The maximum atomic E-state index is 13.2. The average molecular weight is 633 g/mol. The number of nitrogens with one attached hydrogen (secondary N) is 2. The topological polar surface area (TPSA) is 95.6 Å². The molecule has 1 aliphatic carbocycles. The van der Waals surface area contributed by atoms with Gasteiger partial charge >= 0.3 is 6.18 Å². The average Bonchev–Trinajstić information content (AvgIpc) is 2.87. The zero-order valence-corrected chi connectivity index (χ0v) is 24.4. The molecule has 0 saturated heterocycles. The Kier molecular flexibility index (Phi) is 10.2. The molecule has 214 valence electrons. The molecule has 39 heavy (non-hydrogen) atoms. The first-order valence-electron chi connectivity index (χ1n) is 12.6. The minimum absolute atomic E-state index is 0.142. The van der Waals surface area contributed by atoms with Crippen LogP contribution in [0.2, 0.25) is 0 Å². The van der Waals surface area contributed by atoms with Crippen molar-refractivity contribution in [2.75, 3.05) is 19.3 Å². The Morgan fingerprint density at radius 2 is 1.77 bits per heavy atom. The second-order valence-electron chi connectivity index (χ2n) is 10.2. The van der Waals surface area contributed by atoms with Crippen LogP contribution in [0, 0.1) is 5.92 Å². The molecule has 1 saturated carbocycles. The summed E-state index contributed by atoms with van der Waals surface area (Å²) in [5.74, 6) is -1.88. The number of alkyl halides is 3. The van der Waals surface area contributed by atoms with Gasteiger partial charge in [0.2, 0.25) is 5.91 Å². The van der Waals surface area contributed by atoms with Gasteiger partial charge in [0.1, 0.15) is 0 Å². The highest BCUT2D eigenvalue weighted by molar-refractivity contribution is 9.10. The van der Waals surface area contributed by atoms with Crippen molar-refractivity contribution in [2.24, 2.45) is 5.92 Å². The molecule has 2 aromatic carbocycles. The molecular formula is C27H33BrF3N3O4S. The zero-order chi connectivity index (χ0) is 29.0. The summed E-state index contributed by atoms with van der Waals surface area (Å²) in [5.41, 5.74) is -1.18. The lowest BCUT2D eigenvalue weighted by molar-refractivity contribution is -0.137. The second-order valence-corrected chi connectivity index (χ2v) is 13.1. The second kappa shape index (κ2) is 12.8. The third-order valence-electron chi connectivity index (χ3n) is 7.16. The first kappa shape index (κ1) is 31.1. The van der Waals surface area contributed by atoms with Crippen LogP contribution in [-0.2, 0) is 20.8 Å². The van der Waals surface area contributed by atoms with Crippen LogP contribution in [-0.4, -0.2) is 62.6 Å². The smallest absolute Gasteiger partial charge is 0.352 e. The first-order chi connectivity index (χ1) is 18.2. The SMILES string of the molecule is CC(C)N(C)C1CCC(NC(=O)CNC(=O)c2cccc(C(F)(F)F)c2)C(CS(=O)(=O)c2ccc(Br)cc2)C1. The Morgan fingerprint density at radius 3 is 2.38 bits per heavy atom. The Bertz CT molecular complexity index is 1270. The van der Waals surface area contributed by atoms with Gasteiger partial charge in [-0.25, -0.2) is 8.42 Å². The summed E-state index contributed by atoms with van der Waals surface area (Å²) in [4.78, 5) is 27.5. The predicted molar refractivity (Wildman–Crippen MR) is 146 cm³/mol. The van der Waals surface area contributed by atoms with Crippen molar-refractivity contribution < 1.29 is 31.2 Å². The molecule has 3 atom stereocenters. The van der Waals surface area contributed by atoms with Gasteiger partial charge in [0.25, 0.3) is 5.91 Å². The summed E-state index contributed by atoms with van der Waals surface area (Å²) in [6.45, 7) is 3.68. The normalized spacial score (nSPS) is 20.2. The summed E-state index contributed by atoms with van der Waals surface area (Å²) in [6, 6.07) is 10.3. The summed E-state index contributed by atoms with van der Waals surface area (Å²) >= 11 is 3.31. The van der Waals surface area contributed by atoms with Gasteiger partial charge in [-0.05, 0) is 88.5 Å². The van der Waals surface area contributed by atoms with Crippen LogP contribution < -0.4 is 10.6 Å². The fraction of sp³-hybridized carbons (Fsp3) is 0.481. The minimum atomic E-state index is -4.60. The van der Waals surface area contributed by atoms with E-state index in [4.69, 9.17) is 0 Å². The number of nitrogens with zero attached hydrogens (tertiary/aromatic N) is 1. The third-order valence-corrected chi connectivity index (χ3v) is 9.55. The van der Waals surface area contributed by atoms with Crippen molar-refractivity contribution in [3.63, 3.8) is 0 Å². The molecule has 0 heterocycles. The number of hydrogen-bond acceptors (Lipinski definition) is 5. The van der Waals surface area contributed by atoms with Crippen LogP contribution in [0.15, 0.2) is 57.9 Å². The summed E-state index contributed by atoms with van der Waals surface area (Å²) < 4.78 is 66.1. The lowest BCUT2D eigenvalue weighted by atomic mass is 9.81. The molecule has 0 aliphatic heterocycles. The molecule has 2 amide bonds. The maximum Gasteiger partial charge on any atom is 0.416 e. The highest BCUT2D eigenvalue weighted by Gasteiger charge is 2.37. The summed E-state index contributed by atoms with van der Waals surface area (Å²) in [5, 5.41) is 5.21. The number of carbonyl (C=O) groups is 2. The number of halogens is 4. The van der Waals surface area contributed by atoms with Crippen molar-refractivity contribution in [2.45, 2.75) is 62.3 Å². The van der Waals surface area contributed by atoms with Gasteiger partial charge in [0.05, 0.1) is 22.8 Å². The van der Waals surface area contributed by atoms with Crippen molar-refractivity contribution in [3.05, 3.63) is 64.1 Å². The molecule has 0 radical (unpaired) electrons. The van der Waals surface area contributed by atoms with Crippen LogP contribution in [0.1, 0.15) is 49.0 Å². The Morgan fingerprint density at radius 1 is 1.10 bits per heavy atom. The van der Waals surface area contributed by atoms with E-state index in [9.17, 15) is 31.2 Å². The Hall–Kier alpha value is -2.44. The summed E-state index contributed by atoms with van der Waals surface area (Å²) in [7, 11) is -1.65. The molecular weight excluding hydrogens is 599 g/mol. The number of benzene rings is 2. The van der Waals surface area contributed by atoms with E-state index in [1.54, 1.807) is 12.1 Å². The van der Waals surface area contributed by atoms with E-state index in [1.165, 1.54) is 18.2 Å². The number of sulfone groups is 1. The molecule has 2 aromatic rings. The van der Waals surface area contributed by atoms with Gasteiger partial charge in [0, 0.05) is 28.2 Å². The van der Waals surface area contributed by atoms with Gasteiger partial charge < -0.3 is 15.5 Å². The Labute approximate surface area is 235 Å². The van der Waals surface area contributed by atoms with Gasteiger partial charge in [-0.2, -0.15) is 13.2 Å². The number of carbonyl (C=O) groups excluding carboxylic acids is 2. The molecule has 7 nitrogen and oxygen atoms in total. The number of rotatable bonds is 9. The van der Waals surface area contributed by atoms with Crippen molar-refractivity contribution in [1.82, 2.24) is 15.5 Å². The molecule has 1 fully saturated rings. The molecule has 12 heteroatoms. The van der Waals surface area contributed by atoms with Gasteiger partial charge in [-0.3, -0.25) is 9.59 Å². The van der Waals surface area contributed by atoms with Gasteiger partial charge in [0.15, 0.2) is 9.84 Å². The van der Waals surface area contributed by atoms with Crippen LogP contribution in [0.4, 0.5) is 13.2 Å². The predicted octanol–water partition coefficient (Wildman–Crippen LogP) is 4.67. The van der Waals surface area contributed by atoms with Crippen LogP contribution >= 0.6 is 15.9 Å². The molecule has 3 unspecified atom stereocenters. The monoisotopic (exact) mass is 631 g/mol. The molecule has 0 aromatic heterocycles. The molecule has 0 bridgehead atoms. The fourth-order valence-electron chi connectivity index (χ4n) is 4.78. The molecule has 0 spiro atoms. The van der Waals surface area contributed by atoms with Crippen molar-refractivity contribution in [3.8, 4) is 0 Å². The van der Waals surface area contributed by atoms with E-state index in [0.29, 0.717) is 12.8 Å². The highest BCUT2D eigenvalue weighted by Crippen LogP contribution is 2.32. The first-order valence-corrected chi connectivity index (χ1v) is 15.1. The molecule has 3 rings (SSSR count). The molecule has 1 aliphatic rings. The van der Waals surface area contributed by atoms with E-state index >= 15 is 0 Å². The Balaban J connectivity index is 1.69. The van der Waals surface area contributed by atoms with Gasteiger partial charge in [-0.1, -0.05) is 22.0 Å². The lowest BCUT2D eigenvalue weighted by Crippen LogP contribution is -2.52. The maximum absolute atomic E-state index is 13.2. The third kappa shape index (κ3) is 8.52. The van der Waals surface area contributed by atoms with E-state index in [1.807, 2.05) is 7.05 Å². The van der Waals surface area contributed by atoms with Crippen LogP contribution in [0.25, 0.3) is 0 Å². The fourth-order valence-corrected chi connectivity index (χ4v) is 6.72. The standard InChI is InChI=1S/C27H33BrF3N3O4S/c1-17(2)34(3)22-9-12-24(19(14-22)16-39(37,38)23-10-7-21(28)8-11-23)33-25(35)15-32-26(36)18-5-4-6-20(13-18)27(29,30)31/h4-8,10-11,13,17,19,22,24H,9,12,14-16H2,1-3H3,(H,32,36)(H,33,35). The lowest BCUT2D eigenvalue weighted by Gasteiger charge is -2.41. The van der Waals surface area contributed by atoms with E-state index in [-0.39, 0.29) is 34.2 Å². The van der Waals surface area contributed by atoms with Gasteiger partial charge in [-0.15, -0.1) is 0 Å².